The molecule has 33 heavy (non-hydrogen) atoms. The highest BCUT2D eigenvalue weighted by molar-refractivity contribution is 5.89. The van der Waals surface area contributed by atoms with Crippen molar-refractivity contribution in [2.24, 2.45) is 0 Å². The number of benzene rings is 1. The van der Waals surface area contributed by atoms with E-state index in [0.717, 1.165) is 6.54 Å². The number of methoxy groups -OCH3 is 1. The minimum absolute atomic E-state index is 0.240. The second kappa shape index (κ2) is 19.7. The zero-order valence-electron chi connectivity index (χ0n) is 21.9. The zero-order valence-corrected chi connectivity index (χ0v) is 21.9. The topological polar surface area (TPSA) is 78.8 Å². The third kappa shape index (κ3) is 17.4. The standard InChI is InChI=1S/C19H42NO.C8H8O4/c1-5-6-7-8-9-10-11-12-13-14-15-16-17-18-19-20(2,3)21-4;1-12-5-2-3-6(8(10)11)7(9)4-5/h5-19H2,1-4H3;2-4,9H,1H3,(H,10,11)/q+1;/p-1. The van der Waals surface area contributed by atoms with Gasteiger partial charge in [-0.25, -0.2) is 4.84 Å². The number of rotatable bonds is 18. The Morgan fingerprint density at radius 3 is 1.67 bits per heavy atom. The van der Waals surface area contributed by atoms with Crippen LogP contribution in [0.3, 0.4) is 0 Å². The lowest BCUT2D eigenvalue weighted by atomic mass is 10.0. The Bertz CT molecular complexity index is 619. The van der Waals surface area contributed by atoms with Crippen LogP contribution in [-0.4, -0.2) is 50.6 Å². The Kier molecular flexibility index (Phi) is 18.6. The molecule has 6 nitrogen and oxygen atoms in total. The number of carboxylic acids is 1. The summed E-state index contributed by atoms with van der Waals surface area (Å²) in [5.74, 6) is -1.36. The van der Waals surface area contributed by atoms with Crippen LogP contribution in [0.5, 0.6) is 11.5 Å². The number of ether oxygens (including phenoxy) is 1. The molecule has 0 amide bonds. The van der Waals surface area contributed by atoms with Gasteiger partial charge in [0.1, 0.15) is 18.0 Å². The average Bonchev–Trinajstić information content (AvgIpc) is 2.79. The largest absolute Gasteiger partial charge is 0.545 e. The molecule has 0 unspecified atom stereocenters. The van der Waals surface area contributed by atoms with Crippen LogP contribution in [0.4, 0.5) is 0 Å². The van der Waals surface area contributed by atoms with Gasteiger partial charge in [-0.2, -0.15) is 4.65 Å². The van der Waals surface area contributed by atoms with Gasteiger partial charge in [0, 0.05) is 11.6 Å². The van der Waals surface area contributed by atoms with Crippen molar-refractivity contribution >= 4 is 5.97 Å². The number of carbonyl (C=O) groups excluding carboxylic acids is 1. The zero-order chi connectivity index (χ0) is 25.0. The molecular formula is C27H49NO5. The Balaban J connectivity index is 0.000000716. The maximum absolute atomic E-state index is 10.3. The molecule has 0 aliphatic rings. The van der Waals surface area contributed by atoms with Crippen LogP contribution in [0.25, 0.3) is 0 Å². The predicted octanol–water partition coefficient (Wildman–Crippen LogP) is 5.87. The lowest BCUT2D eigenvalue weighted by Crippen LogP contribution is -2.38. The summed E-state index contributed by atoms with van der Waals surface area (Å²) in [6.45, 7) is 3.42. The molecule has 1 aromatic carbocycles. The van der Waals surface area contributed by atoms with E-state index in [0.29, 0.717) is 10.4 Å². The number of aromatic hydroxyl groups is 1. The van der Waals surface area contributed by atoms with E-state index in [1.165, 1.54) is 115 Å². The first-order valence-electron chi connectivity index (χ1n) is 12.7. The molecule has 0 radical (unpaired) electrons. The van der Waals surface area contributed by atoms with E-state index in [2.05, 4.69) is 21.0 Å². The first-order chi connectivity index (χ1) is 15.8. The molecule has 0 atom stereocenters. The maximum Gasteiger partial charge on any atom is 0.128 e. The number of aromatic carboxylic acids is 1. The Morgan fingerprint density at radius 1 is 0.848 bits per heavy atom. The summed E-state index contributed by atoms with van der Waals surface area (Å²) >= 11 is 0. The number of carboxylic acid groups (broad SMARTS) is 1. The molecule has 0 aliphatic carbocycles. The van der Waals surface area contributed by atoms with Gasteiger partial charge in [-0.3, -0.25) is 0 Å². The molecule has 192 valence electrons. The number of unbranched alkanes of at least 4 members (excludes halogenated alkanes) is 13. The monoisotopic (exact) mass is 467 g/mol. The van der Waals surface area contributed by atoms with Gasteiger partial charge < -0.3 is 19.7 Å². The van der Waals surface area contributed by atoms with Gasteiger partial charge in [0.2, 0.25) is 0 Å². The molecule has 0 aromatic heterocycles. The van der Waals surface area contributed by atoms with Crippen molar-refractivity contribution in [3.63, 3.8) is 0 Å². The van der Waals surface area contributed by atoms with Crippen LogP contribution >= 0.6 is 0 Å². The molecule has 0 fully saturated rings. The third-order valence-corrected chi connectivity index (χ3v) is 5.97. The Morgan fingerprint density at radius 2 is 1.30 bits per heavy atom. The smallest absolute Gasteiger partial charge is 0.128 e. The van der Waals surface area contributed by atoms with Crippen molar-refractivity contribution in [3.8, 4) is 11.5 Å². The molecule has 0 aliphatic heterocycles. The fraction of sp³-hybridized carbons (Fsp3) is 0.741. The lowest BCUT2D eigenvalue weighted by Gasteiger charge is -2.24. The summed E-state index contributed by atoms with van der Waals surface area (Å²) in [6.07, 6.45) is 19.9. The van der Waals surface area contributed by atoms with E-state index in [9.17, 15) is 9.90 Å². The van der Waals surface area contributed by atoms with E-state index in [-0.39, 0.29) is 11.3 Å². The molecule has 0 spiro atoms. The van der Waals surface area contributed by atoms with Gasteiger partial charge in [-0.1, -0.05) is 84.0 Å². The highest BCUT2D eigenvalue weighted by atomic mass is 16.7. The van der Waals surface area contributed by atoms with Crippen molar-refractivity contribution in [2.45, 2.75) is 96.8 Å². The summed E-state index contributed by atoms with van der Waals surface area (Å²) < 4.78 is 5.45. The van der Waals surface area contributed by atoms with E-state index < -0.39 is 5.97 Å². The first-order valence-corrected chi connectivity index (χ1v) is 12.7. The molecule has 0 heterocycles. The summed E-state index contributed by atoms with van der Waals surface area (Å²) in [5.41, 5.74) is -0.240. The fourth-order valence-electron chi connectivity index (χ4n) is 3.59. The van der Waals surface area contributed by atoms with Crippen LogP contribution in [0, 0.1) is 0 Å². The minimum Gasteiger partial charge on any atom is -0.545 e. The normalized spacial score (nSPS) is 11.1. The summed E-state index contributed by atoms with van der Waals surface area (Å²) in [6, 6.07) is 3.87. The second-order valence-electron chi connectivity index (χ2n) is 9.25. The Hall–Kier alpha value is -1.79. The number of carbonyl (C=O) groups is 1. The highest BCUT2D eigenvalue weighted by Gasteiger charge is 2.12. The van der Waals surface area contributed by atoms with E-state index in [1.807, 2.05) is 0 Å². The molecule has 0 bridgehead atoms. The van der Waals surface area contributed by atoms with Gasteiger partial charge in [0.25, 0.3) is 0 Å². The fourth-order valence-corrected chi connectivity index (χ4v) is 3.59. The van der Waals surface area contributed by atoms with Crippen LogP contribution in [0.2, 0.25) is 0 Å². The quantitative estimate of drug-likeness (QED) is 0.166. The van der Waals surface area contributed by atoms with Crippen molar-refractivity contribution in [1.82, 2.24) is 0 Å². The van der Waals surface area contributed by atoms with Gasteiger partial charge in [0.15, 0.2) is 0 Å². The second-order valence-corrected chi connectivity index (χ2v) is 9.25. The number of quaternary nitrogens is 1. The first kappa shape index (κ1) is 31.2. The summed E-state index contributed by atoms with van der Waals surface area (Å²) in [5, 5.41) is 19.4. The van der Waals surface area contributed by atoms with Crippen LogP contribution < -0.4 is 9.84 Å². The van der Waals surface area contributed by atoms with Crippen LogP contribution in [0.15, 0.2) is 18.2 Å². The molecular weight excluding hydrogens is 418 g/mol. The van der Waals surface area contributed by atoms with E-state index in [4.69, 9.17) is 14.7 Å². The van der Waals surface area contributed by atoms with E-state index in [1.54, 1.807) is 7.11 Å². The predicted molar refractivity (Wildman–Crippen MR) is 133 cm³/mol. The SMILES string of the molecule is CCCCCCCCCCCCCCCC[N+](C)(C)OC.COc1ccc(C(=O)[O-])c(O)c1. The number of hydroxylamine groups is 3. The van der Waals surface area contributed by atoms with Gasteiger partial charge in [0.05, 0.1) is 34.3 Å². The van der Waals surface area contributed by atoms with Gasteiger partial charge in [-0.05, 0) is 25.0 Å². The number of hydrogen-bond acceptors (Lipinski definition) is 5. The molecule has 1 aromatic rings. The van der Waals surface area contributed by atoms with Crippen molar-refractivity contribution < 1.29 is 29.2 Å². The van der Waals surface area contributed by atoms with Gasteiger partial charge >= 0.3 is 0 Å². The van der Waals surface area contributed by atoms with Crippen molar-refractivity contribution in [3.05, 3.63) is 23.8 Å². The number of hydrogen-bond donors (Lipinski definition) is 1. The summed E-state index contributed by atoms with van der Waals surface area (Å²) in [7, 11) is 7.47. The molecule has 0 saturated heterocycles. The number of nitrogens with zero attached hydrogens (tertiary/aromatic N) is 1. The summed E-state index contributed by atoms with van der Waals surface area (Å²) in [4.78, 5) is 15.7. The third-order valence-electron chi connectivity index (χ3n) is 5.97. The molecule has 0 saturated carbocycles. The average molecular weight is 468 g/mol. The van der Waals surface area contributed by atoms with Crippen molar-refractivity contribution in [2.75, 3.05) is 34.9 Å². The Labute approximate surface area is 202 Å². The molecule has 1 rings (SSSR count). The minimum atomic E-state index is -1.41. The van der Waals surface area contributed by atoms with Crippen LogP contribution in [-0.2, 0) is 4.84 Å². The molecule has 6 heteroatoms. The van der Waals surface area contributed by atoms with E-state index >= 15 is 0 Å². The van der Waals surface area contributed by atoms with Crippen molar-refractivity contribution in [1.29, 1.82) is 0 Å². The number of phenols is 1. The highest BCUT2D eigenvalue weighted by Crippen LogP contribution is 2.22. The molecule has 1 N–H and O–H groups in total. The van der Waals surface area contributed by atoms with Gasteiger partial charge in [-0.15, -0.1) is 0 Å². The van der Waals surface area contributed by atoms with Crippen LogP contribution in [0.1, 0.15) is 107 Å². The maximum atomic E-state index is 10.3. The lowest BCUT2D eigenvalue weighted by molar-refractivity contribution is -1.07.